The Bertz CT molecular complexity index is 298. The van der Waals surface area contributed by atoms with E-state index in [-0.39, 0.29) is 48.1 Å². The topological polar surface area (TPSA) is 102 Å². The molecule has 1 N–H and O–H groups in total. The molecule has 0 amide bonds. The fourth-order valence-electron chi connectivity index (χ4n) is 1.57. The Balaban J connectivity index is 0.00000196. The summed E-state index contributed by atoms with van der Waals surface area (Å²) in [4.78, 5) is 0. The van der Waals surface area contributed by atoms with Gasteiger partial charge in [-0.1, -0.05) is 4.52 Å². The molecule has 0 aromatic heterocycles. The van der Waals surface area contributed by atoms with Crippen LogP contribution in [0, 0.1) is 5.92 Å². The van der Waals surface area contributed by atoms with Crippen molar-refractivity contribution in [2.75, 3.05) is 6.61 Å². The third-order valence-electron chi connectivity index (χ3n) is 2.38. The molecule has 0 atom stereocenters. The van der Waals surface area contributed by atoms with E-state index in [1.54, 1.807) is 0 Å². The largest absolute Gasteiger partial charge is 1.00 e. The van der Waals surface area contributed by atoms with Crippen molar-refractivity contribution in [3.63, 3.8) is 0 Å². The molecule has 0 saturated heterocycles. The van der Waals surface area contributed by atoms with Gasteiger partial charge in [0, 0.05) is 6.61 Å². The third-order valence-corrected chi connectivity index (χ3v) is 2.68. The molecule has 0 aromatic carbocycles. The summed E-state index contributed by atoms with van der Waals surface area (Å²) in [6.45, 7) is 0.156. The van der Waals surface area contributed by atoms with Gasteiger partial charge in [0.05, 0.1) is 6.04 Å². The van der Waals surface area contributed by atoms with E-state index >= 15 is 0 Å². The van der Waals surface area contributed by atoms with Crippen LogP contribution in [-0.4, -0.2) is 30.7 Å². The van der Waals surface area contributed by atoms with Crippen molar-refractivity contribution < 1.29 is 47.6 Å². The molecule has 82 valence electrons. The van der Waals surface area contributed by atoms with Crippen LogP contribution in [0.2, 0.25) is 0 Å². The molecule has 8 heteroatoms. The van der Waals surface area contributed by atoms with Gasteiger partial charge in [0.1, 0.15) is 0 Å². The first-order chi connectivity index (χ1) is 6.51. The number of hydrogen-bond donors (Lipinski definition) is 1. The minimum atomic E-state index is -4.58. The first kappa shape index (κ1) is 15.5. The summed E-state index contributed by atoms with van der Waals surface area (Å²) in [5.41, 5.74) is 0. The Morgan fingerprint density at radius 3 is 2.20 bits per heavy atom. The van der Waals surface area contributed by atoms with Crippen LogP contribution in [0.5, 0.6) is 0 Å². The molecule has 0 unspecified atom stereocenters. The van der Waals surface area contributed by atoms with Crippen LogP contribution in [0.25, 0.3) is 0 Å². The molecule has 0 radical (unpaired) electrons. The van der Waals surface area contributed by atoms with Crippen molar-refractivity contribution in [1.29, 1.82) is 0 Å². The van der Waals surface area contributed by atoms with E-state index in [1.807, 2.05) is 0 Å². The maximum atomic E-state index is 10.1. The molecule has 0 heterocycles. The maximum Gasteiger partial charge on any atom is 1.00 e. The van der Waals surface area contributed by atoms with Crippen LogP contribution < -0.4 is 29.6 Å². The van der Waals surface area contributed by atoms with Gasteiger partial charge in [-0.25, -0.2) is 8.42 Å². The van der Waals surface area contributed by atoms with Gasteiger partial charge in [0.15, 0.2) is 0 Å². The van der Waals surface area contributed by atoms with E-state index in [0.29, 0.717) is 12.8 Å². The van der Waals surface area contributed by atoms with E-state index in [9.17, 15) is 13.0 Å². The zero-order valence-electron chi connectivity index (χ0n) is 8.66. The van der Waals surface area contributed by atoms with E-state index in [2.05, 4.69) is 9.63 Å². The normalized spacial score (nSPS) is 27.6. The number of aliphatic hydroxyl groups excluding tert-OH is 1. The molecule has 1 aliphatic carbocycles. The summed E-state index contributed by atoms with van der Waals surface area (Å²) in [7, 11) is -4.58. The van der Waals surface area contributed by atoms with Crippen LogP contribution in [0.4, 0.5) is 0 Å². The second-order valence-electron chi connectivity index (χ2n) is 3.48. The Kier molecular flexibility index (Phi) is 7.14. The average molecular weight is 244 g/mol. The van der Waals surface area contributed by atoms with Crippen molar-refractivity contribution in [1.82, 2.24) is 0 Å². The van der Waals surface area contributed by atoms with Gasteiger partial charge < -0.3 is 9.66 Å². The molecule has 0 spiro atoms. The summed E-state index contributed by atoms with van der Waals surface area (Å²) in [5, 5.41) is 12.3. The molecule has 0 bridgehead atoms. The molecular weight excluding hydrogens is 231 g/mol. The average Bonchev–Trinajstić information content (AvgIpc) is 2.14. The Morgan fingerprint density at radius 2 is 1.80 bits per heavy atom. The summed E-state index contributed by atoms with van der Waals surface area (Å²) >= 11 is 0. The van der Waals surface area contributed by atoms with Gasteiger partial charge >= 0.3 is 29.6 Å². The van der Waals surface area contributed by atoms with Gasteiger partial charge in [-0.2, -0.15) is 5.11 Å². The second-order valence-corrected chi connectivity index (χ2v) is 4.50. The Labute approximate surface area is 111 Å². The van der Waals surface area contributed by atoms with Crippen LogP contribution in [-0.2, 0) is 10.3 Å². The number of aliphatic hydroxyl groups is 1. The van der Waals surface area contributed by atoms with Crippen LogP contribution in [0.3, 0.4) is 0 Å². The fourth-order valence-corrected chi connectivity index (χ4v) is 1.82. The maximum absolute atomic E-state index is 10.1. The zero-order valence-corrected chi connectivity index (χ0v) is 11.5. The van der Waals surface area contributed by atoms with Crippen LogP contribution in [0.1, 0.15) is 25.7 Å². The first-order valence-corrected chi connectivity index (χ1v) is 5.86. The minimum Gasteiger partial charge on any atom is -0.728 e. The number of nitrogens with zero attached hydrogens (tertiary/aromatic N) is 2. The Hall–Kier alpha value is 0.470. The SMILES string of the molecule is O=S(=O)([O-])N=NC1CCC(CO)CC1.[Na+]. The van der Waals surface area contributed by atoms with E-state index in [1.165, 1.54) is 0 Å². The molecule has 1 rings (SSSR count). The first-order valence-electron chi connectivity index (χ1n) is 4.50. The number of rotatable bonds is 3. The monoisotopic (exact) mass is 244 g/mol. The van der Waals surface area contributed by atoms with E-state index in [0.717, 1.165) is 12.8 Å². The molecule has 6 nitrogen and oxygen atoms in total. The van der Waals surface area contributed by atoms with Gasteiger partial charge in [-0.05, 0) is 31.6 Å². The molecule has 1 aliphatic rings. The number of hydrogen-bond acceptors (Lipinski definition) is 5. The van der Waals surface area contributed by atoms with Gasteiger partial charge in [-0.3, -0.25) is 0 Å². The predicted octanol–water partition coefficient (Wildman–Crippen LogP) is -2.55. The van der Waals surface area contributed by atoms with Crippen molar-refractivity contribution >= 4 is 10.3 Å². The summed E-state index contributed by atoms with van der Waals surface area (Å²) in [6, 6.07) is -0.179. The Morgan fingerprint density at radius 1 is 1.27 bits per heavy atom. The zero-order chi connectivity index (χ0) is 10.6. The van der Waals surface area contributed by atoms with Crippen molar-refractivity contribution in [3.05, 3.63) is 0 Å². The quantitative estimate of drug-likeness (QED) is 0.335. The van der Waals surface area contributed by atoms with Gasteiger partial charge in [0.2, 0.25) is 10.3 Å². The summed E-state index contributed by atoms with van der Waals surface area (Å²) in [5.74, 6) is 0.283. The van der Waals surface area contributed by atoms with Gasteiger partial charge in [-0.15, -0.1) is 0 Å². The molecule has 0 aromatic rings. The molecule has 15 heavy (non-hydrogen) atoms. The summed E-state index contributed by atoms with van der Waals surface area (Å²) in [6.07, 6.45) is 2.98. The smallest absolute Gasteiger partial charge is 0.728 e. The molecule has 1 saturated carbocycles. The third kappa shape index (κ3) is 6.60. The van der Waals surface area contributed by atoms with E-state index < -0.39 is 10.3 Å². The van der Waals surface area contributed by atoms with Crippen molar-refractivity contribution in [2.45, 2.75) is 31.7 Å². The van der Waals surface area contributed by atoms with Crippen LogP contribution >= 0.6 is 0 Å². The standard InChI is InChI=1S/C7H14N2O4S.Na/c10-5-6-1-3-7(4-2-6)8-9-14(11,12)13;/h6-7,10H,1-5H2,(H,11,12,13);/q;+1/p-1. The second kappa shape index (κ2) is 6.93. The van der Waals surface area contributed by atoms with Crippen molar-refractivity contribution in [2.24, 2.45) is 15.6 Å². The fraction of sp³-hybridized carbons (Fsp3) is 1.00. The predicted molar refractivity (Wildman–Crippen MR) is 47.4 cm³/mol. The summed E-state index contributed by atoms with van der Waals surface area (Å²) < 4.78 is 33.1. The molecular formula is C7H13N2NaO4S. The van der Waals surface area contributed by atoms with E-state index in [4.69, 9.17) is 5.11 Å². The molecule has 0 aliphatic heterocycles. The molecule has 1 fully saturated rings. The van der Waals surface area contributed by atoms with Crippen molar-refractivity contribution in [3.8, 4) is 0 Å². The van der Waals surface area contributed by atoms with Gasteiger partial charge in [0.25, 0.3) is 0 Å². The minimum absolute atomic E-state index is 0. The van der Waals surface area contributed by atoms with Crippen LogP contribution in [0.15, 0.2) is 9.63 Å².